The number of pyridine rings is 1. The summed E-state index contributed by atoms with van der Waals surface area (Å²) in [5, 5.41) is 0. The van der Waals surface area contributed by atoms with Crippen LogP contribution < -0.4 is 16.2 Å². The summed E-state index contributed by atoms with van der Waals surface area (Å²) in [6.07, 6.45) is 1.37. The standard InChI is InChI=1S/C10H16N4O/c1-15-8-5-6-14(7-8)10-4-2-3-9(12-10)13-11/h2-4,8H,5-7,11H2,1H3,(H,12,13). The number of nitrogens with zero attached hydrogens (tertiary/aromatic N) is 2. The maximum atomic E-state index is 5.32. The number of methoxy groups -OCH3 is 1. The maximum Gasteiger partial charge on any atom is 0.142 e. The molecule has 1 atom stereocenters. The van der Waals surface area contributed by atoms with Gasteiger partial charge in [-0.05, 0) is 18.6 Å². The highest BCUT2D eigenvalue weighted by Gasteiger charge is 2.22. The van der Waals surface area contributed by atoms with E-state index in [4.69, 9.17) is 10.6 Å². The quantitative estimate of drug-likeness (QED) is 0.562. The van der Waals surface area contributed by atoms with Crippen LogP contribution in [0.25, 0.3) is 0 Å². The van der Waals surface area contributed by atoms with Crippen LogP contribution in [0.4, 0.5) is 11.6 Å². The summed E-state index contributed by atoms with van der Waals surface area (Å²) in [5.74, 6) is 6.95. The van der Waals surface area contributed by atoms with Gasteiger partial charge >= 0.3 is 0 Å². The average Bonchev–Trinajstić information content (AvgIpc) is 2.78. The molecule has 1 aliphatic rings. The Balaban J connectivity index is 2.09. The molecule has 1 aromatic heterocycles. The van der Waals surface area contributed by atoms with Gasteiger partial charge in [0.1, 0.15) is 11.6 Å². The highest BCUT2D eigenvalue weighted by atomic mass is 16.5. The van der Waals surface area contributed by atoms with Crippen LogP contribution in [0.1, 0.15) is 6.42 Å². The van der Waals surface area contributed by atoms with Gasteiger partial charge in [-0.25, -0.2) is 10.8 Å². The van der Waals surface area contributed by atoms with Crippen molar-refractivity contribution in [1.29, 1.82) is 0 Å². The molecule has 1 saturated heterocycles. The Morgan fingerprint density at radius 3 is 3.13 bits per heavy atom. The van der Waals surface area contributed by atoms with Gasteiger partial charge in [-0.2, -0.15) is 0 Å². The molecule has 0 amide bonds. The topological polar surface area (TPSA) is 63.4 Å². The highest BCUT2D eigenvalue weighted by Crippen LogP contribution is 2.20. The summed E-state index contributed by atoms with van der Waals surface area (Å²) in [5.41, 5.74) is 2.55. The lowest BCUT2D eigenvalue weighted by molar-refractivity contribution is 0.121. The molecular weight excluding hydrogens is 192 g/mol. The fourth-order valence-corrected chi connectivity index (χ4v) is 1.81. The van der Waals surface area contributed by atoms with Gasteiger partial charge in [-0.1, -0.05) is 6.07 Å². The van der Waals surface area contributed by atoms with Crippen molar-refractivity contribution in [2.75, 3.05) is 30.5 Å². The van der Waals surface area contributed by atoms with Crippen LogP contribution >= 0.6 is 0 Å². The predicted octanol–water partition coefficient (Wildman–Crippen LogP) is 0.592. The van der Waals surface area contributed by atoms with Crippen molar-refractivity contribution in [3.05, 3.63) is 18.2 Å². The summed E-state index contributed by atoms with van der Waals surface area (Å²) >= 11 is 0. The number of aromatic nitrogens is 1. The SMILES string of the molecule is COC1CCN(c2cccc(NN)n2)C1. The van der Waals surface area contributed by atoms with Crippen molar-refractivity contribution in [3.8, 4) is 0 Å². The van der Waals surface area contributed by atoms with E-state index in [0.717, 1.165) is 25.3 Å². The molecule has 0 bridgehead atoms. The van der Waals surface area contributed by atoms with E-state index in [0.29, 0.717) is 11.9 Å². The third-order valence-corrected chi connectivity index (χ3v) is 2.68. The maximum absolute atomic E-state index is 5.32. The zero-order valence-corrected chi connectivity index (χ0v) is 8.81. The predicted molar refractivity (Wildman–Crippen MR) is 59.7 cm³/mol. The molecule has 0 radical (unpaired) electrons. The molecule has 5 nitrogen and oxygen atoms in total. The minimum Gasteiger partial charge on any atom is -0.380 e. The van der Waals surface area contributed by atoms with Crippen molar-refractivity contribution in [3.63, 3.8) is 0 Å². The molecular formula is C10H16N4O. The number of rotatable bonds is 3. The molecule has 3 N–H and O–H groups in total. The molecule has 1 fully saturated rings. The number of hydrogen-bond acceptors (Lipinski definition) is 5. The van der Waals surface area contributed by atoms with E-state index < -0.39 is 0 Å². The first-order valence-corrected chi connectivity index (χ1v) is 5.05. The lowest BCUT2D eigenvalue weighted by Gasteiger charge is -2.17. The number of hydrazine groups is 1. The van der Waals surface area contributed by atoms with Gasteiger partial charge in [0.15, 0.2) is 0 Å². The van der Waals surface area contributed by atoms with Gasteiger partial charge in [0.2, 0.25) is 0 Å². The molecule has 0 aromatic carbocycles. The Morgan fingerprint density at radius 2 is 2.47 bits per heavy atom. The van der Waals surface area contributed by atoms with E-state index in [-0.39, 0.29) is 0 Å². The van der Waals surface area contributed by atoms with Crippen LogP contribution in [0, 0.1) is 0 Å². The molecule has 15 heavy (non-hydrogen) atoms. The van der Waals surface area contributed by atoms with E-state index >= 15 is 0 Å². The lowest BCUT2D eigenvalue weighted by Crippen LogP contribution is -2.23. The fraction of sp³-hybridized carbons (Fsp3) is 0.500. The minimum atomic E-state index is 0.321. The molecule has 2 rings (SSSR count). The average molecular weight is 208 g/mol. The molecule has 5 heteroatoms. The van der Waals surface area contributed by atoms with Gasteiger partial charge in [-0.3, -0.25) is 0 Å². The van der Waals surface area contributed by atoms with Crippen molar-refractivity contribution in [2.24, 2.45) is 5.84 Å². The van der Waals surface area contributed by atoms with Crippen molar-refractivity contribution >= 4 is 11.6 Å². The van der Waals surface area contributed by atoms with Gasteiger partial charge in [0, 0.05) is 20.2 Å². The Labute approximate surface area is 89.2 Å². The number of nitrogens with two attached hydrogens (primary N) is 1. The van der Waals surface area contributed by atoms with Crippen LogP contribution in [-0.4, -0.2) is 31.3 Å². The van der Waals surface area contributed by atoms with Crippen LogP contribution in [-0.2, 0) is 4.74 Å². The summed E-state index contributed by atoms with van der Waals surface area (Å²) in [6.45, 7) is 1.89. The summed E-state index contributed by atoms with van der Waals surface area (Å²) < 4.78 is 5.31. The number of ether oxygens (including phenoxy) is 1. The number of nitrogens with one attached hydrogen (secondary N) is 1. The van der Waals surface area contributed by atoms with Crippen molar-refractivity contribution in [2.45, 2.75) is 12.5 Å². The van der Waals surface area contributed by atoms with Crippen LogP contribution in [0.3, 0.4) is 0 Å². The Hall–Kier alpha value is -1.33. The monoisotopic (exact) mass is 208 g/mol. The minimum absolute atomic E-state index is 0.321. The summed E-state index contributed by atoms with van der Waals surface area (Å²) in [7, 11) is 1.75. The second-order valence-electron chi connectivity index (χ2n) is 3.62. The Bertz CT molecular complexity index is 331. The van der Waals surface area contributed by atoms with Crippen molar-refractivity contribution < 1.29 is 4.74 Å². The molecule has 82 valence electrons. The van der Waals surface area contributed by atoms with Crippen LogP contribution in [0.5, 0.6) is 0 Å². The third kappa shape index (κ3) is 2.19. The van der Waals surface area contributed by atoms with Gasteiger partial charge in [0.05, 0.1) is 6.10 Å². The van der Waals surface area contributed by atoms with E-state index in [2.05, 4.69) is 15.3 Å². The second kappa shape index (κ2) is 4.46. The van der Waals surface area contributed by atoms with Gasteiger partial charge in [0.25, 0.3) is 0 Å². The summed E-state index contributed by atoms with van der Waals surface area (Å²) in [4.78, 5) is 6.58. The highest BCUT2D eigenvalue weighted by molar-refractivity contribution is 5.47. The first-order chi connectivity index (χ1) is 7.33. The zero-order valence-electron chi connectivity index (χ0n) is 8.81. The molecule has 1 aromatic rings. The van der Waals surface area contributed by atoms with Gasteiger partial charge < -0.3 is 15.1 Å². The molecule has 0 aliphatic carbocycles. The summed E-state index contributed by atoms with van der Waals surface area (Å²) in [6, 6.07) is 5.77. The fourth-order valence-electron chi connectivity index (χ4n) is 1.81. The van der Waals surface area contributed by atoms with Crippen LogP contribution in [0.2, 0.25) is 0 Å². The molecule has 2 heterocycles. The van der Waals surface area contributed by atoms with Gasteiger partial charge in [-0.15, -0.1) is 0 Å². The van der Waals surface area contributed by atoms with Crippen LogP contribution in [0.15, 0.2) is 18.2 Å². The third-order valence-electron chi connectivity index (χ3n) is 2.68. The Kier molecular flexibility index (Phi) is 3.03. The Morgan fingerprint density at radius 1 is 1.60 bits per heavy atom. The van der Waals surface area contributed by atoms with E-state index in [9.17, 15) is 0 Å². The van der Waals surface area contributed by atoms with E-state index in [1.54, 1.807) is 7.11 Å². The second-order valence-corrected chi connectivity index (χ2v) is 3.62. The van der Waals surface area contributed by atoms with Crippen molar-refractivity contribution in [1.82, 2.24) is 4.98 Å². The van der Waals surface area contributed by atoms with E-state index in [1.165, 1.54) is 0 Å². The lowest BCUT2D eigenvalue weighted by atomic mass is 10.3. The zero-order chi connectivity index (χ0) is 10.7. The number of hydrogen-bond donors (Lipinski definition) is 2. The first kappa shape index (κ1) is 10.2. The normalized spacial score (nSPS) is 20.7. The molecule has 0 saturated carbocycles. The molecule has 0 spiro atoms. The first-order valence-electron chi connectivity index (χ1n) is 5.05. The number of anilines is 2. The molecule has 1 unspecified atom stereocenters. The molecule has 1 aliphatic heterocycles. The van der Waals surface area contributed by atoms with E-state index in [1.807, 2.05) is 18.2 Å². The largest absolute Gasteiger partial charge is 0.380 e. The smallest absolute Gasteiger partial charge is 0.142 e. The number of nitrogen functional groups attached to an aromatic ring is 1.